The molecule has 0 radical (unpaired) electrons. The summed E-state index contributed by atoms with van der Waals surface area (Å²) in [6.45, 7) is 0.149. The Bertz CT molecular complexity index is 684. The highest BCUT2D eigenvalue weighted by atomic mass is 19.4. The van der Waals surface area contributed by atoms with E-state index in [1.807, 2.05) is 0 Å². The first-order valence-electron chi connectivity index (χ1n) is 7.45. The number of nitrogens with zero attached hydrogens (tertiary/aromatic N) is 3. The van der Waals surface area contributed by atoms with E-state index in [0.29, 0.717) is 5.56 Å². The number of anilines is 1. The topological polar surface area (TPSA) is 49.2 Å². The van der Waals surface area contributed by atoms with Crippen LogP contribution in [0, 0.1) is 5.82 Å². The minimum absolute atomic E-state index is 0.117. The third kappa shape index (κ3) is 3.81. The summed E-state index contributed by atoms with van der Waals surface area (Å²) >= 11 is 0. The van der Waals surface area contributed by atoms with Gasteiger partial charge in [0.2, 0.25) is 0 Å². The maximum Gasteiger partial charge on any atom is 0.435 e. The molecule has 24 heavy (non-hydrogen) atoms. The minimum Gasteiger partial charge on any atom is -0.387 e. The second-order valence-corrected chi connectivity index (χ2v) is 5.73. The maximum absolute atomic E-state index is 12.9. The first kappa shape index (κ1) is 16.6. The van der Waals surface area contributed by atoms with E-state index in [-0.39, 0.29) is 18.4 Å². The number of alkyl halides is 3. The Labute approximate surface area is 135 Å². The van der Waals surface area contributed by atoms with Gasteiger partial charge in [-0.2, -0.15) is 13.2 Å². The van der Waals surface area contributed by atoms with E-state index < -0.39 is 23.8 Å². The van der Waals surface area contributed by atoms with Gasteiger partial charge in [0.1, 0.15) is 5.82 Å². The lowest BCUT2D eigenvalue weighted by Gasteiger charge is -2.26. The lowest BCUT2D eigenvalue weighted by molar-refractivity contribution is -0.141. The van der Waals surface area contributed by atoms with Crippen molar-refractivity contribution in [2.45, 2.75) is 31.2 Å². The second kappa shape index (κ2) is 6.35. The van der Waals surface area contributed by atoms with E-state index in [9.17, 15) is 22.7 Å². The van der Waals surface area contributed by atoms with Crippen molar-refractivity contribution in [1.29, 1.82) is 0 Å². The molecule has 2 aromatic rings. The molecule has 1 heterocycles. The van der Waals surface area contributed by atoms with Crippen LogP contribution in [0.3, 0.4) is 0 Å². The maximum atomic E-state index is 12.9. The second-order valence-electron chi connectivity index (χ2n) is 5.73. The molecule has 3 rings (SSSR count). The summed E-state index contributed by atoms with van der Waals surface area (Å²) < 4.78 is 50.7. The molecule has 1 N–H and O–H groups in total. The van der Waals surface area contributed by atoms with Crippen molar-refractivity contribution in [3.8, 4) is 0 Å². The normalized spacial score (nSPS) is 16.0. The van der Waals surface area contributed by atoms with Gasteiger partial charge in [0.25, 0.3) is 0 Å². The van der Waals surface area contributed by atoms with Crippen molar-refractivity contribution in [2.75, 3.05) is 11.4 Å². The molecule has 0 aliphatic heterocycles. The van der Waals surface area contributed by atoms with Gasteiger partial charge < -0.3 is 10.0 Å². The van der Waals surface area contributed by atoms with E-state index in [1.165, 1.54) is 30.3 Å². The monoisotopic (exact) mass is 341 g/mol. The number of aromatic nitrogens is 2. The molecule has 1 aromatic heterocycles. The Morgan fingerprint density at radius 1 is 1.08 bits per heavy atom. The van der Waals surface area contributed by atoms with E-state index in [4.69, 9.17) is 0 Å². The molecule has 0 amide bonds. The Balaban J connectivity index is 1.76. The highest BCUT2D eigenvalue weighted by molar-refractivity contribution is 5.41. The van der Waals surface area contributed by atoms with Gasteiger partial charge in [0, 0.05) is 12.6 Å². The molecule has 0 bridgehead atoms. The molecule has 1 atom stereocenters. The molecule has 1 saturated carbocycles. The van der Waals surface area contributed by atoms with E-state index in [0.717, 1.165) is 18.9 Å². The first-order chi connectivity index (χ1) is 11.3. The zero-order valence-electron chi connectivity index (χ0n) is 12.5. The molecule has 1 aliphatic carbocycles. The number of aliphatic hydroxyl groups is 1. The van der Waals surface area contributed by atoms with Crippen LogP contribution in [0.15, 0.2) is 36.4 Å². The first-order valence-corrected chi connectivity index (χ1v) is 7.45. The third-order valence-electron chi connectivity index (χ3n) is 3.85. The number of halogens is 4. The molecule has 0 saturated heterocycles. The number of benzene rings is 1. The van der Waals surface area contributed by atoms with Crippen molar-refractivity contribution >= 4 is 5.82 Å². The van der Waals surface area contributed by atoms with Gasteiger partial charge >= 0.3 is 6.18 Å². The van der Waals surface area contributed by atoms with Gasteiger partial charge in [-0.1, -0.05) is 12.1 Å². The van der Waals surface area contributed by atoms with Crippen molar-refractivity contribution in [2.24, 2.45) is 0 Å². The smallest absolute Gasteiger partial charge is 0.387 e. The van der Waals surface area contributed by atoms with Crippen LogP contribution in [0.5, 0.6) is 0 Å². The van der Waals surface area contributed by atoms with Gasteiger partial charge in [0.05, 0.1) is 6.10 Å². The fraction of sp³-hybridized carbons (Fsp3) is 0.375. The summed E-state index contributed by atoms with van der Waals surface area (Å²) in [6.07, 6.45) is -3.70. The molecule has 1 fully saturated rings. The average molecular weight is 341 g/mol. The summed E-state index contributed by atoms with van der Waals surface area (Å²) in [7, 11) is 0. The van der Waals surface area contributed by atoms with Crippen LogP contribution < -0.4 is 4.90 Å². The van der Waals surface area contributed by atoms with Crippen LogP contribution in [0.25, 0.3) is 0 Å². The van der Waals surface area contributed by atoms with Crippen LogP contribution in [0.1, 0.15) is 30.2 Å². The third-order valence-corrected chi connectivity index (χ3v) is 3.85. The number of hydrogen-bond acceptors (Lipinski definition) is 4. The molecule has 128 valence electrons. The summed E-state index contributed by atoms with van der Waals surface area (Å²) in [5, 5.41) is 17.2. The highest BCUT2D eigenvalue weighted by Crippen LogP contribution is 2.33. The average Bonchev–Trinajstić information content (AvgIpc) is 3.37. The van der Waals surface area contributed by atoms with Gasteiger partial charge in [-0.15, -0.1) is 10.2 Å². The summed E-state index contributed by atoms with van der Waals surface area (Å²) in [5.41, 5.74) is -0.525. The lowest BCUT2D eigenvalue weighted by Crippen LogP contribution is -2.32. The summed E-state index contributed by atoms with van der Waals surface area (Å²) in [5.74, 6) is -0.120. The lowest BCUT2D eigenvalue weighted by atomic mass is 10.1. The van der Waals surface area contributed by atoms with Crippen molar-refractivity contribution in [1.82, 2.24) is 10.2 Å². The fourth-order valence-corrected chi connectivity index (χ4v) is 2.42. The number of aliphatic hydroxyl groups excluding tert-OH is 1. The Kier molecular flexibility index (Phi) is 4.40. The Morgan fingerprint density at radius 2 is 1.75 bits per heavy atom. The predicted molar refractivity (Wildman–Crippen MR) is 78.8 cm³/mol. The number of hydrogen-bond donors (Lipinski definition) is 1. The largest absolute Gasteiger partial charge is 0.435 e. The molecule has 0 spiro atoms. The molecule has 8 heteroatoms. The van der Waals surface area contributed by atoms with Gasteiger partial charge in [0.15, 0.2) is 11.5 Å². The summed E-state index contributed by atoms with van der Waals surface area (Å²) in [4.78, 5) is 1.74. The fourth-order valence-electron chi connectivity index (χ4n) is 2.42. The van der Waals surface area contributed by atoms with Gasteiger partial charge in [-0.3, -0.25) is 0 Å². The van der Waals surface area contributed by atoms with Crippen molar-refractivity contribution in [3.63, 3.8) is 0 Å². The SMILES string of the molecule is OC(CN(c1ccc(C(F)(F)F)nn1)C1CC1)c1ccc(F)cc1. The zero-order chi connectivity index (χ0) is 17.3. The Hall–Kier alpha value is -2.22. The van der Waals surface area contributed by atoms with Crippen LogP contribution in [0.2, 0.25) is 0 Å². The molecule has 1 unspecified atom stereocenters. The van der Waals surface area contributed by atoms with Crippen LogP contribution in [0.4, 0.5) is 23.4 Å². The predicted octanol–water partition coefficient (Wildman–Crippen LogP) is 3.34. The van der Waals surface area contributed by atoms with E-state index >= 15 is 0 Å². The van der Waals surface area contributed by atoms with Crippen molar-refractivity contribution < 1.29 is 22.7 Å². The molecule has 4 nitrogen and oxygen atoms in total. The van der Waals surface area contributed by atoms with Crippen LogP contribution in [-0.4, -0.2) is 27.9 Å². The zero-order valence-corrected chi connectivity index (χ0v) is 12.5. The Morgan fingerprint density at radius 3 is 2.25 bits per heavy atom. The molecular formula is C16H15F4N3O. The van der Waals surface area contributed by atoms with Gasteiger partial charge in [-0.25, -0.2) is 4.39 Å². The standard InChI is InChI=1S/C16H15F4N3O/c17-11-3-1-10(2-4-11)13(24)9-23(12-5-6-12)15-8-7-14(21-22-15)16(18,19)20/h1-4,7-8,12-13,24H,5-6,9H2. The van der Waals surface area contributed by atoms with E-state index in [1.54, 1.807) is 4.90 Å². The summed E-state index contributed by atoms with van der Waals surface area (Å²) in [6, 6.07) is 7.70. The quantitative estimate of drug-likeness (QED) is 0.848. The van der Waals surface area contributed by atoms with Gasteiger partial charge in [-0.05, 0) is 42.7 Å². The number of rotatable bonds is 5. The van der Waals surface area contributed by atoms with Crippen LogP contribution in [-0.2, 0) is 6.18 Å². The molecular weight excluding hydrogens is 326 g/mol. The van der Waals surface area contributed by atoms with Crippen LogP contribution >= 0.6 is 0 Å². The van der Waals surface area contributed by atoms with E-state index in [2.05, 4.69) is 10.2 Å². The minimum atomic E-state index is -4.54. The highest BCUT2D eigenvalue weighted by Gasteiger charge is 2.35. The molecule has 1 aliphatic rings. The van der Waals surface area contributed by atoms with Crippen molar-refractivity contribution in [3.05, 3.63) is 53.5 Å². The molecule has 1 aromatic carbocycles.